The topological polar surface area (TPSA) is 46.1 Å². The molecule has 86 valence electrons. The van der Waals surface area contributed by atoms with Crippen LogP contribution in [0.15, 0.2) is 6.20 Å². The first-order valence-electron chi connectivity index (χ1n) is 5.48. The normalized spacial score (nSPS) is 15.9. The SMILES string of the molecule is CCc1ncc(CN2CCCC2=O)c(Cl)n1. The Hall–Kier alpha value is -1.16. The zero-order valence-corrected chi connectivity index (χ0v) is 10.00. The second-order valence-corrected chi connectivity index (χ2v) is 4.23. The second-order valence-electron chi connectivity index (χ2n) is 3.87. The Morgan fingerprint density at radius 3 is 2.94 bits per heavy atom. The van der Waals surface area contributed by atoms with Crippen LogP contribution in [0.25, 0.3) is 0 Å². The fraction of sp³-hybridized carbons (Fsp3) is 0.545. The Bertz CT molecular complexity index is 408. The highest BCUT2D eigenvalue weighted by Crippen LogP contribution is 2.18. The summed E-state index contributed by atoms with van der Waals surface area (Å²) in [5, 5.41) is 0.464. The zero-order chi connectivity index (χ0) is 11.5. The van der Waals surface area contributed by atoms with Crippen LogP contribution < -0.4 is 0 Å². The third-order valence-electron chi connectivity index (χ3n) is 2.71. The minimum absolute atomic E-state index is 0.190. The largest absolute Gasteiger partial charge is 0.338 e. The standard InChI is InChI=1S/C11H14ClN3O/c1-2-9-13-6-8(11(12)14-9)7-15-5-3-4-10(15)16/h6H,2-5,7H2,1H3. The number of aryl methyl sites for hydroxylation is 1. The van der Waals surface area contributed by atoms with Crippen molar-refractivity contribution in [2.75, 3.05) is 6.54 Å². The van der Waals surface area contributed by atoms with Gasteiger partial charge in [-0.1, -0.05) is 18.5 Å². The smallest absolute Gasteiger partial charge is 0.222 e. The fourth-order valence-corrected chi connectivity index (χ4v) is 1.98. The number of nitrogens with zero attached hydrogens (tertiary/aromatic N) is 3. The summed E-state index contributed by atoms with van der Waals surface area (Å²) in [6.45, 7) is 3.32. The monoisotopic (exact) mass is 239 g/mol. The predicted molar refractivity (Wildman–Crippen MR) is 61.1 cm³/mol. The molecule has 1 saturated heterocycles. The summed E-state index contributed by atoms with van der Waals surface area (Å²) in [6.07, 6.45) is 4.07. The van der Waals surface area contributed by atoms with Gasteiger partial charge in [-0.3, -0.25) is 4.79 Å². The average Bonchev–Trinajstić information content (AvgIpc) is 2.67. The van der Waals surface area contributed by atoms with Crippen molar-refractivity contribution < 1.29 is 4.79 Å². The van der Waals surface area contributed by atoms with Crippen molar-refractivity contribution in [1.82, 2.24) is 14.9 Å². The Kier molecular flexibility index (Phi) is 3.39. The second kappa shape index (κ2) is 4.78. The number of carbonyl (C=O) groups is 1. The average molecular weight is 240 g/mol. The van der Waals surface area contributed by atoms with E-state index in [1.54, 1.807) is 11.1 Å². The van der Waals surface area contributed by atoms with Crippen LogP contribution in [0.2, 0.25) is 5.15 Å². The van der Waals surface area contributed by atoms with Gasteiger partial charge in [-0.15, -0.1) is 0 Å². The number of amides is 1. The van der Waals surface area contributed by atoms with E-state index in [0.717, 1.165) is 30.8 Å². The van der Waals surface area contributed by atoms with Gasteiger partial charge in [-0.2, -0.15) is 0 Å². The number of hydrogen-bond acceptors (Lipinski definition) is 3. The lowest BCUT2D eigenvalue weighted by molar-refractivity contribution is -0.128. The van der Waals surface area contributed by atoms with Gasteiger partial charge in [-0.25, -0.2) is 9.97 Å². The molecule has 16 heavy (non-hydrogen) atoms. The molecular formula is C11H14ClN3O. The maximum atomic E-state index is 11.5. The molecule has 0 aliphatic carbocycles. The molecule has 1 aromatic heterocycles. The van der Waals surface area contributed by atoms with Gasteiger partial charge in [0, 0.05) is 31.1 Å². The summed E-state index contributed by atoms with van der Waals surface area (Å²) in [5.41, 5.74) is 0.828. The Morgan fingerprint density at radius 1 is 1.56 bits per heavy atom. The van der Waals surface area contributed by atoms with Crippen LogP contribution in [0.4, 0.5) is 0 Å². The van der Waals surface area contributed by atoms with Crippen molar-refractivity contribution in [2.45, 2.75) is 32.7 Å². The highest BCUT2D eigenvalue weighted by molar-refractivity contribution is 6.30. The number of carbonyl (C=O) groups excluding carboxylic acids is 1. The number of aromatic nitrogens is 2. The van der Waals surface area contributed by atoms with E-state index >= 15 is 0 Å². The van der Waals surface area contributed by atoms with E-state index < -0.39 is 0 Å². The predicted octanol–water partition coefficient (Wildman–Crippen LogP) is 1.81. The van der Waals surface area contributed by atoms with Gasteiger partial charge < -0.3 is 4.90 Å². The molecule has 0 bridgehead atoms. The van der Waals surface area contributed by atoms with Gasteiger partial charge in [0.1, 0.15) is 11.0 Å². The van der Waals surface area contributed by atoms with Crippen molar-refractivity contribution in [3.8, 4) is 0 Å². The first kappa shape index (κ1) is 11.3. The third-order valence-corrected chi connectivity index (χ3v) is 3.04. The van der Waals surface area contributed by atoms with Gasteiger partial charge in [0.25, 0.3) is 0 Å². The summed E-state index contributed by atoms with van der Waals surface area (Å²) in [4.78, 5) is 21.6. The van der Waals surface area contributed by atoms with Crippen molar-refractivity contribution in [2.24, 2.45) is 0 Å². The van der Waals surface area contributed by atoms with E-state index in [4.69, 9.17) is 11.6 Å². The molecule has 0 saturated carbocycles. The molecule has 1 aliphatic rings. The highest BCUT2D eigenvalue weighted by Gasteiger charge is 2.21. The molecule has 0 unspecified atom stereocenters. The van der Waals surface area contributed by atoms with Crippen LogP contribution in [-0.2, 0) is 17.8 Å². The van der Waals surface area contributed by atoms with E-state index in [1.165, 1.54) is 0 Å². The van der Waals surface area contributed by atoms with Crippen LogP contribution in [0.3, 0.4) is 0 Å². The lowest BCUT2D eigenvalue weighted by Gasteiger charge is -2.15. The lowest BCUT2D eigenvalue weighted by Crippen LogP contribution is -2.24. The van der Waals surface area contributed by atoms with Crippen molar-refractivity contribution in [3.63, 3.8) is 0 Å². The maximum Gasteiger partial charge on any atom is 0.222 e. The van der Waals surface area contributed by atoms with Crippen molar-refractivity contribution in [1.29, 1.82) is 0 Å². The van der Waals surface area contributed by atoms with E-state index in [-0.39, 0.29) is 5.91 Å². The summed E-state index contributed by atoms with van der Waals surface area (Å²) in [7, 11) is 0. The van der Waals surface area contributed by atoms with E-state index in [0.29, 0.717) is 18.1 Å². The summed E-state index contributed by atoms with van der Waals surface area (Å²) in [5.74, 6) is 0.928. The van der Waals surface area contributed by atoms with Gasteiger partial charge in [-0.05, 0) is 6.42 Å². The van der Waals surface area contributed by atoms with E-state index in [1.807, 2.05) is 6.92 Å². The van der Waals surface area contributed by atoms with Crippen molar-refractivity contribution in [3.05, 3.63) is 22.7 Å². The van der Waals surface area contributed by atoms with Gasteiger partial charge >= 0.3 is 0 Å². The van der Waals surface area contributed by atoms with Crippen LogP contribution in [-0.4, -0.2) is 27.3 Å². The maximum absolute atomic E-state index is 11.5. The third kappa shape index (κ3) is 2.32. The van der Waals surface area contributed by atoms with Crippen molar-refractivity contribution >= 4 is 17.5 Å². The molecule has 5 heteroatoms. The molecule has 4 nitrogen and oxygen atoms in total. The highest BCUT2D eigenvalue weighted by atomic mass is 35.5. The van der Waals surface area contributed by atoms with E-state index in [2.05, 4.69) is 9.97 Å². The van der Waals surface area contributed by atoms with Crippen LogP contribution in [0.1, 0.15) is 31.2 Å². The molecule has 0 N–H and O–H groups in total. The fourth-order valence-electron chi connectivity index (χ4n) is 1.77. The number of rotatable bonds is 3. The van der Waals surface area contributed by atoms with Crippen LogP contribution >= 0.6 is 11.6 Å². The molecular weight excluding hydrogens is 226 g/mol. The first-order chi connectivity index (χ1) is 7.70. The number of halogens is 1. The zero-order valence-electron chi connectivity index (χ0n) is 9.24. The van der Waals surface area contributed by atoms with Crippen LogP contribution in [0.5, 0.6) is 0 Å². The lowest BCUT2D eigenvalue weighted by atomic mass is 10.3. The number of likely N-dealkylation sites (tertiary alicyclic amines) is 1. The molecule has 0 radical (unpaired) electrons. The molecule has 1 amide bonds. The first-order valence-corrected chi connectivity index (χ1v) is 5.86. The Labute approximate surface area is 99.6 Å². The molecule has 0 aromatic carbocycles. The molecule has 1 fully saturated rings. The number of hydrogen-bond donors (Lipinski definition) is 0. The summed E-state index contributed by atoms with van der Waals surface area (Å²) in [6, 6.07) is 0. The van der Waals surface area contributed by atoms with Gasteiger partial charge in [0.05, 0.1) is 6.54 Å². The molecule has 0 atom stereocenters. The molecule has 1 aliphatic heterocycles. The molecule has 2 heterocycles. The molecule has 0 spiro atoms. The van der Waals surface area contributed by atoms with Gasteiger partial charge in [0.15, 0.2) is 0 Å². The molecule has 1 aromatic rings. The Morgan fingerprint density at radius 2 is 2.38 bits per heavy atom. The minimum Gasteiger partial charge on any atom is -0.338 e. The quantitative estimate of drug-likeness (QED) is 0.756. The summed E-state index contributed by atoms with van der Waals surface area (Å²) < 4.78 is 0. The van der Waals surface area contributed by atoms with Crippen LogP contribution in [0, 0.1) is 0 Å². The Balaban J connectivity index is 2.12. The van der Waals surface area contributed by atoms with E-state index in [9.17, 15) is 4.79 Å². The minimum atomic E-state index is 0.190. The molecule has 2 rings (SSSR count). The van der Waals surface area contributed by atoms with Gasteiger partial charge in [0.2, 0.25) is 5.91 Å². The summed E-state index contributed by atoms with van der Waals surface area (Å²) >= 11 is 6.05.